The van der Waals surface area contributed by atoms with Crippen molar-refractivity contribution in [2.24, 2.45) is 15.4 Å². The molecule has 3 unspecified atom stereocenters. The summed E-state index contributed by atoms with van der Waals surface area (Å²) in [6, 6.07) is 3.03. The highest BCUT2D eigenvalue weighted by Crippen LogP contribution is 2.43. The number of hydrogen-bond donors (Lipinski definition) is 1. The van der Waals surface area contributed by atoms with Crippen LogP contribution in [-0.4, -0.2) is 73.1 Å². The number of aromatic nitrogens is 1. The monoisotopic (exact) mass is 409 g/mol. The molecule has 0 saturated carbocycles. The molecule has 5 rings (SSSR count). The zero-order chi connectivity index (χ0) is 20.7. The maximum absolute atomic E-state index is 12.7. The third-order valence-electron chi connectivity index (χ3n) is 5.67. The van der Waals surface area contributed by atoms with Gasteiger partial charge in [-0.25, -0.2) is 4.99 Å². The molecule has 9 nitrogen and oxygen atoms in total. The van der Waals surface area contributed by atoms with Crippen molar-refractivity contribution in [3.63, 3.8) is 0 Å². The van der Waals surface area contributed by atoms with Crippen LogP contribution in [0.3, 0.4) is 0 Å². The molecule has 1 N–H and O–H groups in total. The summed E-state index contributed by atoms with van der Waals surface area (Å²) in [5.74, 6) is 2.29. The Bertz CT molecular complexity index is 982. The number of fused-ring (bicyclic) bond motifs is 3. The minimum absolute atomic E-state index is 0.135. The number of hydrogen-bond acceptors (Lipinski definition) is 8. The number of carbonyl (C=O) groups is 1. The largest absolute Gasteiger partial charge is 0.495 e. The Morgan fingerprint density at radius 1 is 1.47 bits per heavy atom. The molecule has 0 spiro atoms. The van der Waals surface area contributed by atoms with E-state index in [4.69, 9.17) is 24.2 Å². The van der Waals surface area contributed by atoms with Crippen molar-refractivity contribution < 1.29 is 19.0 Å². The number of pyridine rings is 1. The topological polar surface area (TPSA) is 101 Å². The van der Waals surface area contributed by atoms with Crippen LogP contribution in [0, 0.1) is 5.41 Å². The maximum Gasteiger partial charge on any atom is 0.259 e. The molecule has 0 radical (unpaired) electrons. The quantitative estimate of drug-likeness (QED) is 0.732. The number of epoxide rings is 1. The van der Waals surface area contributed by atoms with Gasteiger partial charge in [-0.1, -0.05) is 6.08 Å². The fraction of sp³-hybridized carbons (Fsp3) is 0.429. The van der Waals surface area contributed by atoms with Gasteiger partial charge in [0.1, 0.15) is 24.6 Å². The highest BCUT2D eigenvalue weighted by Gasteiger charge is 2.51. The van der Waals surface area contributed by atoms with E-state index in [0.29, 0.717) is 42.7 Å². The lowest BCUT2D eigenvalue weighted by Gasteiger charge is -2.44. The molecular formula is C21H23N5O4. The Labute approximate surface area is 174 Å². The van der Waals surface area contributed by atoms with Crippen molar-refractivity contribution in [2.45, 2.75) is 19.1 Å². The third-order valence-corrected chi connectivity index (χ3v) is 5.67. The lowest BCUT2D eigenvalue weighted by atomic mass is 9.75. The van der Waals surface area contributed by atoms with Crippen molar-refractivity contribution in [1.82, 2.24) is 15.2 Å². The second kappa shape index (κ2) is 7.24. The average molecular weight is 409 g/mol. The first-order valence-corrected chi connectivity index (χ1v) is 9.93. The Balaban J connectivity index is 1.49. The van der Waals surface area contributed by atoms with Crippen molar-refractivity contribution in [1.29, 1.82) is 0 Å². The maximum atomic E-state index is 12.7. The Morgan fingerprint density at radius 2 is 2.33 bits per heavy atom. The molecule has 4 aliphatic rings. The zero-order valence-electron chi connectivity index (χ0n) is 16.9. The molecule has 0 aromatic carbocycles. The van der Waals surface area contributed by atoms with Crippen LogP contribution < -0.4 is 5.32 Å². The van der Waals surface area contributed by atoms with E-state index in [9.17, 15) is 4.79 Å². The van der Waals surface area contributed by atoms with Gasteiger partial charge in [0, 0.05) is 18.9 Å². The minimum Gasteiger partial charge on any atom is -0.495 e. The molecule has 1 saturated heterocycles. The Morgan fingerprint density at radius 3 is 3.07 bits per heavy atom. The number of carbonyl (C=O) groups excluding carboxylic acids is 1. The van der Waals surface area contributed by atoms with E-state index in [1.807, 2.05) is 11.0 Å². The SMILES string of the molecule is COC1=C(OCC2CO2)C=CC2(C)C3=NCCN3C(NC(=O)c3cccnc3)=NC12. The van der Waals surface area contributed by atoms with E-state index in [1.165, 1.54) is 6.20 Å². The Hall–Kier alpha value is -3.20. The van der Waals surface area contributed by atoms with Crippen LogP contribution in [0.1, 0.15) is 17.3 Å². The summed E-state index contributed by atoms with van der Waals surface area (Å²) in [4.78, 5) is 28.3. The van der Waals surface area contributed by atoms with Gasteiger partial charge in [-0.05, 0) is 25.1 Å². The number of amidine groups is 1. The van der Waals surface area contributed by atoms with Crippen molar-refractivity contribution in [3.05, 3.63) is 53.8 Å². The van der Waals surface area contributed by atoms with Crippen LogP contribution in [-0.2, 0) is 14.2 Å². The lowest BCUT2D eigenvalue weighted by molar-refractivity contribution is 0.0972. The van der Waals surface area contributed by atoms with Gasteiger partial charge in [0.25, 0.3) is 5.91 Å². The molecule has 4 heterocycles. The molecule has 1 aromatic rings. The number of amides is 1. The zero-order valence-corrected chi connectivity index (χ0v) is 16.9. The number of methoxy groups -OCH3 is 1. The van der Waals surface area contributed by atoms with Crippen molar-refractivity contribution >= 4 is 17.7 Å². The summed E-state index contributed by atoms with van der Waals surface area (Å²) in [5.41, 5.74) is -0.0291. The van der Waals surface area contributed by atoms with Crippen molar-refractivity contribution in [2.75, 3.05) is 33.4 Å². The lowest BCUT2D eigenvalue weighted by Crippen LogP contribution is -2.58. The first-order valence-electron chi connectivity index (χ1n) is 9.93. The standard InChI is InChI=1S/C21H23N5O4/c1-21-6-5-15(30-12-14-11-29-14)16(28-2)17(21)24-20(26-9-8-23-19(21)26)25-18(27)13-4-3-7-22-10-13/h3-7,10,14,17H,8-9,11-12H2,1-2H3,(H,24,25,27). The fourth-order valence-corrected chi connectivity index (χ4v) is 3.97. The summed E-state index contributed by atoms with van der Waals surface area (Å²) in [7, 11) is 1.61. The van der Waals surface area contributed by atoms with Crippen LogP contribution in [0.5, 0.6) is 0 Å². The van der Waals surface area contributed by atoms with Gasteiger partial charge < -0.3 is 14.2 Å². The second-order valence-electron chi connectivity index (χ2n) is 7.72. The number of guanidine groups is 1. The van der Waals surface area contributed by atoms with Gasteiger partial charge in [-0.15, -0.1) is 0 Å². The third kappa shape index (κ3) is 3.15. The summed E-state index contributed by atoms with van der Waals surface area (Å²) in [5, 5.41) is 2.93. The van der Waals surface area contributed by atoms with Crippen LogP contribution >= 0.6 is 0 Å². The number of nitrogens with zero attached hydrogens (tertiary/aromatic N) is 4. The van der Waals surface area contributed by atoms with Crippen LogP contribution in [0.2, 0.25) is 0 Å². The van der Waals surface area contributed by atoms with Gasteiger partial charge >= 0.3 is 0 Å². The van der Waals surface area contributed by atoms with E-state index in [0.717, 1.165) is 12.4 Å². The van der Waals surface area contributed by atoms with Crippen molar-refractivity contribution in [3.8, 4) is 0 Å². The first kappa shape index (κ1) is 18.8. The molecule has 9 heteroatoms. The van der Waals surface area contributed by atoms with E-state index in [-0.39, 0.29) is 12.0 Å². The van der Waals surface area contributed by atoms with Crippen LogP contribution in [0.15, 0.2) is 58.2 Å². The van der Waals surface area contributed by atoms with Crippen LogP contribution in [0.25, 0.3) is 0 Å². The van der Waals surface area contributed by atoms with Crippen LogP contribution in [0.4, 0.5) is 0 Å². The molecule has 1 fully saturated rings. The van der Waals surface area contributed by atoms with E-state index in [2.05, 4.69) is 23.3 Å². The normalized spacial score (nSPS) is 28.9. The van der Waals surface area contributed by atoms with Gasteiger partial charge in [-0.3, -0.25) is 25.0 Å². The van der Waals surface area contributed by atoms with Gasteiger partial charge in [0.2, 0.25) is 5.96 Å². The predicted molar refractivity (Wildman–Crippen MR) is 109 cm³/mol. The first-order chi connectivity index (χ1) is 14.6. The number of aliphatic imine (C=N–C) groups is 2. The molecule has 156 valence electrons. The highest BCUT2D eigenvalue weighted by atomic mass is 16.6. The molecular weight excluding hydrogens is 386 g/mol. The minimum atomic E-state index is -0.493. The summed E-state index contributed by atoms with van der Waals surface area (Å²) in [6.45, 7) is 4.56. The number of allylic oxidation sites excluding steroid dienone is 1. The van der Waals surface area contributed by atoms with E-state index >= 15 is 0 Å². The molecule has 3 atom stereocenters. The highest BCUT2D eigenvalue weighted by molar-refractivity contribution is 6.13. The predicted octanol–water partition coefficient (Wildman–Crippen LogP) is 1.11. The van der Waals surface area contributed by atoms with Gasteiger partial charge in [0.05, 0.1) is 31.2 Å². The number of nitrogens with one attached hydrogen (secondary N) is 1. The summed E-state index contributed by atoms with van der Waals surface area (Å²) < 4.78 is 16.9. The van der Waals surface area contributed by atoms with Gasteiger partial charge in [-0.2, -0.15) is 0 Å². The van der Waals surface area contributed by atoms with E-state index < -0.39 is 11.5 Å². The smallest absolute Gasteiger partial charge is 0.259 e. The molecule has 0 bridgehead atoms. The molecule has 30 heavy (non-hydrogen) atoms. The summed E-state index contributed by atoms with van der Waals surface area (Å²) in [6.07, 6.45) is 7.27. The Kier molecular flexibility index (Phi) is 4.54. The summed E-state index contributed by atoms with van der Waals surface area (Å²) >= 11 is 0. The number of rotatable bonds is 5. The van der Waals surface area contributed by atoms with E-state index in [1.54, 1.807) is 25.4 Å². The molecule has 1 aromatic heterocycles. The molecule has 3 aliphatic heterocycles. The second-order valence-corrected chi connectivity index (χ2v) is 7.72. The average Bonchev–Trinajstić information content (AvgIpc) is 3.45. The fourth-order valence-electron chi connectivity index (χ4n) is 3.97. The molecule has 1 aliphatic carbocycles. The van der Waals surface area contributed by atoms with Gasteiger partial charge in [0.15, 0.2) is 11.5 Å². The molecule has 1 amide bonds. The number of ether oxygens (including phenoxy) is 3.